The number of piperazine rings is 1. The van der Waals surface area contributed by atoms with E-state index in [4.69, 9.17) is 13.9 Å². The number of carbonyl (C=O) groups is 2. The van der Waals surface area contributed by atoms with Crippen molar-refractivity contribution >= 4 is 22.0 Å². The highest BCUT2D eigenvalue weighted by Crippen LogP contribution is 2.21. The number of amides is 2. The predicted octanol–water partition coefficient (Wildman–Crippen LogP) is 0.215. The number of morpholine rings is 1. The summed E-state index contributed by atoms with van der Waals surface area (Å²) >= 11 is 0. The van der Waals surface area contributed by atoms with Crippen molar-refractivity contribution in [3.63, 3.8) is 0 Å². The molecule has 0 atom stereocenters. The Bertz CT molecular complexity index is 778. The molecule has 2 fully saturated rings. The second-order valence-corrected chi connectivity index (χ2v) is 7.98. The first-order chi connectivity index (χ1) is 12.9. The number of hydrogen-bond acceptors (Lipinski definition) is 7. The molecule has 2 saturated heterocycles. The van der Waals surface area contributed by atoms with E-state index in [1.165, 1.54) is 26.2 Å². The molecule has 1 aromatic rings. The highest BCUT2D eigenvalue weighted by molar-refractivity contribution is 7.89. The van der Waals surface area contributed by atoms with Gasteiger partial charge in [-0.3, -0.25) is 4.79 Å². The highest BCUT2D eigenvalue weighted by Gasteiger charge is 2.32. The third-order valence-electron chi connectivity index (χ3n) is 4.45. The van der Waals surface area contributed by atoms with E-state index in [0.717, 1.165) is 0 Å². The van der Waals surface area contributed by atoms with Crippen LogP contribution in [0.4, 0.5) is 4.79 Å². The minimum absolute atomic E-state index is 0.0357. The highest BCUT2D eigenvalue weighted by atomic mass is 32.2. The van der Waals surface area contributed by atoms with Gasteiger partial charge >= 0.3 is 6.09 Å². The largest absolute Gasteiger partial charge is 0.450 e. The van der Waals surface area contributed by atoms with E-state index in [0.29, 0.717) is 46.0 Å². The molecule has 1 aromatic heterocycles. The molecule has 0 unspecified atom stereocenters. The Labute approximate surface area is 157 Å². The number of furan rings is 1. The summed E-state index contributed by atoms with van der Waals surface area (Å²) in [6.45, 7) is 4.54. The van der Waals surface area contributed by atoms with Gasteiger partial charge < -0.3 is 23.7 Å². The fourth-order valence-electron chi connectivity index (χ4n) is 2.95. The van der Waals surface area contributed by atoms with E-state index in [-0.39, 0.29) is 23.9 Å². The number of rotatable bonds is 4. The van der Waals surface area contributed by atoms with Crippen LogP contribution in [0.15, 0.2) is 21.6 Å². The molecule has 0 saturated carbocycles. The Kier molecular flexibility index (Phi) is 6.02. The Balaban J connectivity index is 1.63. The molecule has 0 aliphatic carbocycles. The first-order valence-electron chi connectivity index (χ1n) is 8.82. The molecule has 27 heavy (non-hydrogen) atoms. The summed E-state index contributed by atoms with van der Waals surface area (Å²) in [5.74, 6) is -0.437. The second-order valence-electron chi connectivity index (χ2n) is 6.11. The Morgan fingerprint density at radius 3 is 2.30 bits per heavy atom. The molecular formula is C16H23N3O7S. The molecule has 0 spiro atoms. The van der Waals surface area contributed by atoms with Gasteiger partial charge in [-0.25, -0.2) is 13.2 Å². The Morgan fingerprint density at radius 2 is 1.67 bits per heavy atom. The third-order valence-corrected chi connectivity index (χ3v) is 6.22. The molecule has 150 valence electrons. The molecule has 0 aromatic carbocycles. The Morgan fingerprint density at radius 1 is 1.04 bits per heavy atom. The van der Waals surface area contributed by atoms with Crippen LogP contribution in [0.25, 0.3) is 0 Å². The van der Waals surface area contributed by atoms with Gasteiger partial charge in [0, 0.05) is 39.3 Å². The lowest BCUT2D eigenvalue weighted by Gasteiger charge is -2.33. The molecule has 0 N–H and O–H groups in total. The number of hydrogen-bond donors (Lipinski definition) is 0. The third kappa shape index (κ3) is 4.25. The topological polar surface area (TPSA) is 110 Å². The average Bonchev–Trinajstić information content (AvgIpc) is 3.19. The zero-order chi connectivity index (χ0) is 19.4. The normalized spacial score (nSPS) is 19.1. The molecule has 3 rings (SSSR count). The first-order valence-corrected chi connectivity index (χ1v) is 10.3. The maximum Gasteiger partial charge on any atom is 0.409 e. The van der Waals surface area contributed by atoms with Crippen LogP contribution in [0.1, 0.15) is 17.5 Å². The van der Waals surface area contributed by atoms with Gasteiger partial charge in [0.05, 0.1) is 19.8 Å². The number of nitrogens with zero attached hydrogens (tertiary/aromatic N) is 3. The van der Waals surface area contributed by atoms with E-state index >= 15 is 0 Å². The molecule has 0 bridgehead atoms. The summed E-state index contributed by atoms with van der Waals surface area (Å²) in [5, 5.41) is -0.252. The zero-order valence-corrected chi connectivity index (χ0v) is 15.9. The molecule has 0 radical (unpaired) electrons. The maximum atomic E-state index is 12.6. The summed E-state index contributed by atoms with van der Waals surface area (Å²) < 4.78 is 41.9. The monoisotopic (exact) mass is 401 g/mol. The van der Waals surface area contributed by atoms with Gasteiger partial charge in [0.1, 0.15) is 0 Å². The van der Waals surface area contributed by atoms with Crippen LogP contribution in [-0.2, 0) is 19.5 Å². The minimum atomic E-state index is -3.79. The quantitative estimate of drug-likeness (QED) is 0.710. The van der Waals surface area contributed by atoms with Crippen molar-refractivity contribution < 1.29 is 31.9 Å². The number of ether oxygens (including phenoxy) is 2. The van der Waals surface area contributed by atoms with Crippen molar-refractivity contribution in [2.24, 2.45) is 0 Å². The molecule has 2 amide bonds. The van der Waals surface area contributed by atoms with Gasteiger partial charge in [-0.1, -0.05) is 0 Å². The van der Waals surface area contributed by atoms with E-state index < -0.39 is 22.0 Å². The fourth-order valence-corrected chi connectivity index (χ4v) is 4.27. The van der Waals surface area contributed by atoms with Gasteiger partial charge in [-0.2, -0.15) is 4.31 Å². The smallest absolute Gasteiger partial charge is 0.409 e. The van der Waals surface area contributed by atoms with E-state index in [9.17, 15) is 18.0 Å². The van der Waals surface area contributed by atoms with Crippen LogP contribution in [0, 0.1) is 0 Å². The van der Waals surface area contributed by atoms with Crippen molar-refractivity contribution in [2.45, 2.75) is 12.0 Å². The molecule has 3 heterocycles. The van der Waals surface area contributed by atoms with Crippen LogP contribution in [-0.4, -0.2) is 93.6 Å². The second kappa shape index (κ2) is 8.28. The molecule has 2 aliphatic rings. The zero-order valence-electron chi connectivity index (χ0n) is 15.1. The summed E-state index contributed by atoms with van der Waals surface area (Å²) in [6.07, 6.45) is -0.401. The molecule has 11 heteroatoms. The summed E-state index contributed by atoms with van der Waals surface area (Å²) in [6, 6.07) is 2.67. The van der Waals surface area contributed by atoms with Crippen molar-refractivity contribution in [3.05, 3.63) is 17.9 Å². The standard InChI is InChI=1S/C16H23N3O7S/c1-2-25-16(21)18-7-5-17(6-8-18)15(20)13-3-4-14(26-13)27(22,23)19-9-11-24-12-10-19/h3-4H,2,5-12H2,1H3. The number of carbonyl (C=O) groups excluding carboxylic acids is 2. The maximum absolute atomic E-state index is 12.6. The summed E-state index contributed by atoms with van der Waals surface area (Å²) in [4.78, 5) is 27.4. The van der Waals surface area contributed by atoms with Gasteiger partial charge in [-0.15, -0.1) is 0 Å². The van der Waals surface area contributed by atoms with Gasteiger partial charge in [0.15, 0.2) is 5.76 Å². The van der Waals surface area contributed by atoms with Crippen LogP contribution in [0.3, 0.4) is 0 Å². The molecule has 2 aliphatic heterocycles. The summed E-state index contributed by atoms with van der Waals surface area (Å²) in [7, 11) is -3.79. The van der Waals surface area contributed by atoms with Crippen LogP contribution in [0.2, 0.25) is 0 Å². The summed E-state index contributed by atoms with van der Waals surface area (Å²) in [5.41, 5.74) is 0. The first kappa shape index (κ1) is 19.6. The number of sulfonamides is 1. The molecular weight excluding hydrogens is 378 g/mol. The van der Waals surface area contributed by atoms with Crippen molar-refractivity contribution in [3.8, 4) is 0 Å². The van der Waals surface area contributed by atoms with E-state index in [1.54, 1.807) is 6.92 Å². The minimum Gasteiger partial charge on any atom is -0.450 e. The van der Waals surface area contributed by atoms with Crippen LogP contribution >= 0.6 is 0 Å². The fraction of sp³-hybridized carbons (Fsp3) is 0.625. The van der Waals surface area contributed by atoms with Crippen molar-refractivity contribution in [1.29, 1.82) is 0 Å². The molecule has 10 nitrogen and oxygen atoms in total. The van der Waals surface area contributed by atoms with E-state index in [2.05, 4.69) is 0 Å². The van der Waals surface area contributed by atoms with Crippen molar-refractivity contribution in [1.82, 2.24) is 14.1 Å². The average molecular weight is 401 g/mol. The predicted molar refractivity (Wildman–Crippen MR) is 92.8 cm³/mol. The van der Waals surface area contributed by atoms with Gasteiger partial charge in [0.2, 0.25) is 5.09 Å². The lowest BCUT2D eigenvalue weighted by molar-refractivity contribution is 0.0540. The van der Waals surface area contributed by atoms with Gasteiger partial charge in [-0.05, 0) is 19.1 Å². The van der Waals surface area contributed by atoms with Crippen molar-refractivity contribution in [2.75, 3.05) is 59.1 Å². The van der Waals surface area contributed by atoms with E-state index in [1.807, 2.05) is 0 Å². The lowest BCUT2D eigenvalue weighted by Crippen LogP contribution is -2.50. The van der Waals surface area contributed by atoms with Crippen LogP contribution < -0.4 is 0 Å². The lowest BCUT2D eigenvalue weighted by atomic mass is 10.3. The SMILES string of the molecule is CCOC(=O)N1CCN(C(=O)c2ccc(S(=O)(=O)N3CCOCC3)o2)CC1. The van der Waals surface area contributed by atoms with Gasteiger partial charge in [0.25, 0.3) is 15.9 Å². The van der Waals surface area contributed by atoms with Crippen LogP contribution in [0.5, 0.6) is 0 Å². The Hall–Kier alpha value is -2.11.